The van der Waals surface area contributed by atoms with Gasteiger partial charge in [0.15, 0.2) is 0 Å². The van der Waals surface area contributed by atoms with Crippen LogP contribution in [0.4, 0.5) is 0 Å². The number of hydrogen-bond acceptors (Lipinski definition) is 3. The monoisotopic (exact) mass is 294 g/mol. The van der Waals surface area contributed by atoms with Crippen LogP contribution in [0.3, 0.4) is 0 Å². The number of rotatable bonds is 1. The van der Waals surface area contributed by atoms with Gasteiger partial charge in [-0.3, -0.25) is 9.35 Å². The van der Waals surface area contributed by atoms with Crippen molar-refractivity contribution < 1.29 is 17.8 Å². The van der Waals surface area contributed by atoms with E-state index in [0.717, 1.165) is 6.08 Å². The fourth-order valence-electron chi connectivity index (χ4n) is 0. The average Bonchev–Trinajstić information content (AvgIpc) is 1.84. The van der Waals surface area contributed by atoms with Crippen LogP contribution >= 0.6 is 0 Å². The van der Waals surface area contributed by atoms with Crippen LogP contribution in [-0.2, 0) is 14.9 Å². The molecule has 7 heteroatoms. The Morgan fingerprint density at radius 3 is 1.57 bits per heavy atom. The van der Waals surface area contributed by atoms with E-state index in [1.54, 1.807) is 0 Å². The van der Waals surface area contributed by atoms with Crippen molar-refractivity contribution in [3.63, 3.8) is 0 Å². The fourth-order valence-corrected chi connectivity index (χ4v) is 0. The molecule has 0 aliphatic heterocycles. The van der Waals surface area contributed by atoms with Gasteiger partial charge in [0, 0.05) is 58.2 Å². The molecular weight excluding hydrogens is 280 g/mol. The van der Waals surface area contributed by atoms with E-state index in [9.17, 15) is 13.2 Å². The quantitative estimate of drug-likeness (QED) is 0.523. The third-order valence-corrected chi connectivity index (χ3v) is 2.52. The van der Waals surface area contributed by atoms with Gasteiger partial charge in [-0.2, -0.15) is 8.42 Å². The van der Waals surface area contributed by atoms with Gasteiger partial charge in [0.1, 0.15) is 0 Å². The zero-order valence-electron chi connectivity index (χ0n) is 8.94. The van der Waals surface area contributed by atoms with Crippen LogP contribution in [0, 0.1) is 0 Å². The van der Waals surface area contributed by atoms with Crippen molar-refractivity contribution in [2.45, 2.75) is 25.5 Å². The second-order valence-corrected chi connectivity index (χ2v) is 5.37. The molecule has 1 amide bonds. The summed E-state index contributed by atoms with van der Waals surface area (Å²) in [5.74, 6) is -0.481. The summed E-state index contributed by atoms with van der Waals surface area (Å²) in [6.07, 6.45) is 1.06. The summed E-state index contributed by atoms with van der Waals surface area (Å²) >= 11 is 0. The fraction of sp³-hybridized carbons (Fsp3) is 0.571. The maximum absolute atomic E-state index is 10.2. The largest absolute Gasteiger partial charge is 0.366 e. The first-order chi connectivity index (χ1) is 5.52. The predicted molar refractivity (Wildman–Crippen MR) is 56.4 cm³/mol. The zero-order chi connectivity index (χ0) is 11.3. The molecule has 0 aliphatic carbocycles. The minimum atomic E-state index is -3.84. The molecule has 79 valence electrons. The van der Waals surface area contributed by atoms with Crippen molar-refractivity contribution in [2.75, 3.05) is 0 Å². The molecule has 0 atom stereocenters. The summed E-state index contributed by atoms with van der Waals surface area (Å²) in [7, 11) is -3.84. The molecule has 0 unspecified atom stereocenters. The molecule has 0 aromatic carbocycles. The Morgan fingerprint density at radius 1 is 1.43 bits per heavy atom. The van der Waals surface area contributed by atoms with Gasteiger partial charge in [-0.15, -0.1) is 0 Å². The number of carbonyl (C=O) groups excluding carboxylic acids is 1. The van der Waals surface area contributed by atoms with Gasteiger partial charge in [0.25, 0.3) is 10.1 Å². The first kappa shape index (κ1) is 20.4. The first-order valence-corrected chi connectivity index (χ1v) is 4.85. The summed E-state index contributed by atoms with van der Waals surface area (Å²) in [6.45, 7) is 7.38. The van der Waals surface area contributed by atoms with Gasteiger partial charge in [0.05, 0.1) is 4.75 Å². The van der Waals surface area contributed by atoms with Gasteiger partial charge >= 0.3 is 0 Å². The normalized spacial score (nSPS) is 10.3. The average molecular weight is 295 g/mol. The SMILES string of the molecule is C=CC(N)=O.CC(C)(C)S(=O)(=O)O.[Rb]. The van der Waals surface area contributed by atoms with E-state index >= 15 is 0 Å². The molecule has 3 N–H and O–H groups in total. The summed E-state index contributed by atoms with van der Waals surface area (Å²) in [5.41, 5.74) is 4.53. The maximum atomic E-state index is 10.2. The van der Waals surface area contributed by atoms with Gasteiger partial charge in [0.2, 0.25) is 5.91 Å². The van der Waals surface area contributed by atoms with E-state index in [4.69, 9.17) is 4.55 Å². The first-order valence-electron chi connectivity index (χ1n) is 3.41. The van der Waals surface area contributed by atoms with E-state index in [2.05, 4.69) is 12.3 Å². The standard InChI is InChI=1S/C4H10O3S.C3H5NO.Rb/c1-4(2,3)8(5,6)7;1-2-3(4)5;/h1-3H3,(H,5,6,7);2H,1H2,(H2,4,5);. The molecule has 0 rings (SSSR count). The zero-order valence-corrected chi connectivity index (χ0v) is 14.7. The maximum Gasteiger partial charge on any atom is 0.269 e. The Balaban J connectivity index is -0.000000177. The molecule has 0 aromatic rings. The van der Waals surface area contributed by atoms with Gasteiger partial charge < -0.3 is 5.73 Å². The molecule has 0 saturated carbocycles. The number of hydrogen-bond donors (Lipinski definition) is 2. The summed E-state index contributed by atoms with van der Waals surface area (Å²) in [4.78, 5) is 9.47. The van der Waals surface area contributed by atoms with Crippen LogP contribution in [0.25, 0.3) is 0 Å². The van der Waals surface area contributed by atoms with E-state index in [0.29, 0.717) is 0 Å². The van der Waals surface area contributed by atoms with Crippen LogP contribution in [0.15, 0.2) is 12.7 Å². The smallest absolute Gasteiger partial charge is 0.269 e. The Hall–Kier alpha value is 0.925. The number of nitrogens with two attached hydrogens (primary N) is 1. The van der Waals surface area contributed by atoms with Gasteiger partial charge in [-0.25, -0.2) is 0 Å². The summed E-state index contributed by atoms with van der Waals surface area (Å²) in [6, 6.07) is 0. The van der Waals surface area contributed by atoms with Crippen molar-refractivity contribution >= 4 is 74.2 Å². The van der Waals surface area contributed by atoms with Crippen molar-refractivity contribution in [1.29, 1.82) is 0 Å². The molecule has 0 bridgehead atoms. The molecular formula is C7H15NO4RbS. The molecule has 5 nitrogen and oxygen atoms in total. The topological polar surface area (TPSA) is 97.5 Å². The van der Waals surface area contributed by atoms with Crippen LogP contribution in [0.1, 0.15) is 20.8 Å². The number of amides is 1. The Morgan fingerprint density at radius 2 is 1.57 bits per heavy atom. The third kappa shape index (κ3) is 12.9. The molecule has 0 aromatic heterocycles. The second kappa shape index (κ2) is 8.12. The Labute approximate surface area is 134 Å². The summed E-state index contributed by atoms with van der Waals surface area (Å²) in [5, 5.41) is 0. The van der Waals surface area contributed by atoms with Crippen LogP contribution in [0.5, 0.6) is 0 Å². The minimum absolute atomic E-state index is 0. The van der Waals surface area contributed by atoms with Crippen LogP contribution in [-0.4, -0.2) is 81.8 Å². The minimum Gasteiger partial charge on any atom is -0.366 e. The van der Waals surface area contributed by atoms with Crippen molar-refractivity contribution in [2.24, 2.45) is 5.73 Å². The van der Waals surface area contributed by atoms with Crippen molar-refractivity contribution in [3.8, 4) is 0 Å². The molecule has 0 spiro atoms. The van der Waals surface area contributed by atoms with E-state index in [1.807, 2.05) is 0 Å². The van der Waals surface area contributed by atoms with Gasteiger partial charge in [-0.1, -0.05) is 6.58 Å². The molecule has 0 aliphatic rings. The van der Waals surface area contributed by atoms with E-state index in [1.165, 1.54) is 20.8 Å². The Kier molecular flexibility index (Phi) is 11.8. The third-order valence-electron chi connectivity index (χ3n) is 0.975. The molecule has 14 heavy (non-hydrogen) atoms. The van der Waals surface area contributed by atoms with Crippen LogP contribution in [0.2, 0.25) is 0 Å². The predicted octanol–water partition coefficient (Wildman–Crippen LogP) is -0.0504. The Bertz CT molecular complexity index is 279. The van der Waals surface area contributed by atoms with E-state index < -0.39 is 20.8 Å². The number of primary amides is 1. The van der Waals surface area contributed by atoms with Crippen molar-refractivity contribution in [3.05, 3.63) is 12.7 Å². The molecule has 0 heterocycles. The van der Waals surface area contributed by atoms with Crippen LogP contribution < -0.4 is 5.73 Å². The number of carbonyl (C=O) groups is 1. The summed E-state index contributed by atoms with van der Waals surface area (Å²) < 4.78 is 27.7. The molecule has 1 radical (unpaired) electrons. The van der Waals surface area contributed by atoms with Crippen molar-refractivity contribution in [1.82, 2.24) is 0 Å². The molecule has 0 fully saturated rings. The molecule has 0 saturated heterocycles. The second-order valence-electron chi connectivity index (χ2n) is 3.19. The van der Waals surface area contributed by atoms with Gasteiger partial charge in [-0.05, 0) is 26.8 Å². The van der Waals surface area contributed by atoms with E-state index in [-0.39, 0.29) is 58.2 Å².